The van der Waals surface area contributed by atoms with E-state index in [1.807, 2.05) is 23.7 Å². The van der Waals surface area contributed by atoms with Gasteiger partial charge in [-0.05, 0) is 38.0 Å². The number of aromatic nitrogens is 3. The molecule has 0 aliphatic heterocycles. The zero-order valence-corrected chi connectivity index (χ0v) is 10.4. The lowest BCUT2D eigenvalue weighted by Crippen LogP contribution is -2.01. The van der Waals surface area contributed by atoms with E-state index in [1.165, 1.54) is 5.56 Å². The summed E-state index contributed by atoms with van der Waals surface area (Å²) >= 11 is 0. The van der Waals surface area contributed by atoms with Gasteiger partial charge in [-0.3, -0.25) is 4.98 Å². The molecule has 2 rings (SSSR count). The molecule has 0 spiro atoms. The molecule has 1 N–H and O–H groups in total. The Kier molecular flexibility index (Phi) is 3.24. The highest BCUT2D eigenvalue weighted by molar-refractivity contribution is 5.37. The number of aliphatic hydroxyl groups excluding tert-OH is 1. The van der Waals surface area contributed by atoms with Crippen LogP contribution in [0.1, 0.15) is 29.6 Å². The highest BCUT2D eigenvalue weighted by atomic mass is 16.3. The van der Waals surface area contributed by atoms with Crippen LogP contribution in [0, 0.1) is 13.8 Å². The summed E-state index contributed by atoms with van der Waals surface area (Å²) in [5.74, 6) is 0. The Bertz CT molecular complexity index is 531. The molecule has 4 heteroatoms. The smallest absolute Gasteiger partial charge is 0.0853 e. The lowest BCUT2D eigenvalue weighted by atomic mass is 10.1. The first-order valence-electron chi connectivity index (χ1n) is 5.78. The average molecular weight is 231 g/mol. The Labute approximate surface area is 101 Å². The number of pyridine rings is 1. The molecule has 0 fully saturated rings. The van der Waals surface area contributed by atoms with Crippen molar-refractivity contribution in [3.63, 3.8) is 0 Å². The molecule has 4 nitrogen and oxygen atoms in total. The van der Waals surface area contributed by atoms with Gasteiger partial charge in [0.05, 0.1) is 23.7 Å². The largest absolute Gasteiger partial charge is 0.390 e. The summed E-state index contributed by atoms with van der Waals surface area (Å²) in [6.07, 6.45) is 2.68. The number of hydrogen-bond donors (Lipinski definition) is 1. The summed E-state index contributed by atoms with van der Waals surface area (Å²) in [7, 11) is 0. The van der Waals surface area contributed by atoms with Crippen LogP contribution in [0.5, 0.6) is 0 Å². The van der Waals surface area contributed by atoms with Crippen molar-refractivity contribution in [1.82, 2.24) is 14.8 Å². The maximum atomic E-state index is 9.09. The molecule has 2 heterocycles. The van der Waals surface area contributed by atoms with E-state index in [-0.39, 0.29) is 6.61 Å². The van der Waals surface area contributed by atoms with Gasteiger partial charge in [-0.2, -0.15) is 5.10 Å². The third kappa shape index (κ3) is 2.08. The van der Waals surface area contributed by atoms with Gasteiger partial charge in [-0.1, -0.05) is 6.92 Å². The van der Waals surface area contributed by atoms with Crippen LogP contribution in [0.15, 0.2) is 18.3 Å². The molecular weight excluding hydrogens is 214 g/mol. The Morgan fingerprint density at radius 3 is 2.71 bits per heavy atom. The van der Waals surface area contributed by atoms with Gasteiger partial charge >= 0.3 is 0 Å². The minimum atomic E-state index is -0.0478. The molecule has 0 saturated heterocycles. The normalized spacial score (nSPS) is 10.8. The van der Waals surface area contributed by atoms with Gasteiger partial charge < -0.3 is 5.11 Å². The van der Waals surface area contributed by atoms with E-state index >= 15 is 0 Å². The number of hydrogen-bond acceptors (Lipinski definition) is 3. The van der Waals surface area contributed by atoms with Crippen LogP contribution < -0.4 is 0 Å². The van der Waals surface area contributed by atoms with Crippen molar-refractivity contribution >= 4 is 0 Å². The summed E-state index contributed by atoms with van der Waals surface area (Å²) < 4.78 is 1.91. The zero-order chi connectivity index (χ0) is 12.4. The number of rotatable bonds is 3. The van der Waals surface area contributed by atoms with E-state index in [2.05, 4.69) is 23.9 Å². The maximum Gasteiger partial charge on any atom is 0.0853 e. The van der Waals surface area contributed by atoms with Crippen LogP contribution in [-0.2, 0) is 13.0 Å². The minimum Gasteiger partial charge on any atom is -0.390 e. The van der Waals surface area contributed by atoms with Gasteiger partial charge in [0.25, 0.3) is 0 Å². The minimum absolute atomic E-state index is 0.0478. The molecule has 0 radical (unpaired) electrons. The standard InChI is InChI=1S/C13H17N3O/c1-4-13-9(2)15-16(10(13)3)12-5-6-14-11(7-12)8-17/h5-7,17H,4,8H2,1-3H3. The lowest BCUT2D eigenvalue weighted by Gasteiger charge is -2.05. The third-order valence-electron chi connectivity index (χ3n) is 3.00. The van der Waals surface area contributed by atoms with Crippen molar-refractivity contribution in [3.8, 4) is 5.69 Å². The summed E-state index contributed by atoms with van der Waals surface area (Å²) in [6, 6.07) is 3.76. The van der Waals surface area contributed by atoms with E-state index in [9.17, 15) is 0 Å². The zero-order valence-electron chi connectivity index (χ0n) is 10.4. The van der Waals surface area contributed by atoms with Gasteiger partial charge in [0.2, 0.25) is 0 Å². The van der Waals surface area contributed by atoms with Crippen LogP contribution in [0.3, 0.4) is 0 Å². The monoisotopic (exact) mass is 231 g/mol. The summed E-state index contributed by atoms with van der Waals surface area (Å²) in [4.78, 5) is 4.07. The summed E-state index contributed by atoms with van der Waals surface area (Å²) in [6.45, 7) is 6.18. The van der Waals surface area contributed by atoms with E-state index in [1.54, 1.807) is 6.20 Å². The van der Waals surface area contributed by atoms with Gasteiger partial charge in [-0.25, -0.2) is 4.68 Å². The van der Waals surface area contributed by atoms with Crippen LogP contribution in [0.4, 0.5) is 0 Å². The maximum absolute atomic E-state index is 9.09. The fourth-order valence-corrected chi connectivity index (χ4v) is 2.12. The summed E-state index contributed by atoms with van der Waals surface area (Å²) in [5.41, 5.74) is 5.11. The van der Waals surface area contributed by atoms with Crippen molar-refractivity contribution < 1.29 is 5.11 Å². The molecule has 0 aliphatic carbocycles. The topological polar surface area (TPSA) is 50.9 Å². The fraction of sp³-hybridized carbons (Fsp3) is 0.385. The number of aliphatic hydroxyl groups is 1. The van der Waals surface area contributed by atoms with Crippen molar-refractivity contribution in [2.45, 2.75) is 33.8 Å². The first-order chi connectivity index (χ1) is 8.17. The predicted molar refractivity (Wildman–Crippen MR) is 66.1 cm³/mol. The van der Waals surface area contributed by atoms with Crippen molar-refractivity contribution in [2.24, 2.45) is 0 Å². The molecule has 0 aromatic carbocycles. The van der Waals surface area contributed by atoms with Gasteiger partial charge in [0, 0.05) is 11.9 Å². The molecule has 2 aromatic heterocycles. The Morgan fingerprint density at radius 1 is 1.35 bits per heavy atom. The molecule has 17 heavy (non-hydrogen) atoms. The van der Waals surface area contributed by atoms with Crippen molar-refractivity contribution in [2.75, 3.05) is 0 Å². The van der Waals surface area contributed by atoms with Gasteiger partial charge in [0.15, 0.2) is 0 Å². The molecule has 0 amide bonds. The molecule has 0 aliphatic rings. The second kappa shape index (κ2) is 4.67. The van der Waals surface area contributed by atoms with E-state index in [4.69, 9.17) is 5.11 Å². The molecule has 0 unspecified atom stereocenters. The second-order valence-electron chi connectivity index (χ2n) is 4.08. The third-order valence-corrected chi connectivity index (χ3v) is 3.00. The Morgan fingerprint density at radius 2 is 2.12 bits per heavy atom. The van der Waals surface area contributed by atoms with Gasteiger partial charge in [-0.15, -0.1) is 0 Å². The number of nitrogens with zero attached hydrogens (tertiary/aromatic N) is 3. The van der Waals surface area contributed by atoms with Crippen LogP contribution in [-0.4, -0.2) is 19.9 Å². The highest BCUT2D eigenvalue weighted by Crippen LogP contribution is 2.18. The quantitative estimate of drug-likeness (QED) is 0.878. The van der Waals surface area contributed by atoms with Crippen LogP contribution >= 0.6 is 0 Å². The molecule has 0 atom stereocenters. The van der Waals surface area contributed by atoms with Crippen molar-refractivity contribution in [3.05, 3.63) is 41.0 Å². The summed E-state index contributed by atoms with van der Waals surface area (Å²) in [5, 5.41) is 13.6. The Balaban J connectivity index is 2.52. The molecular formula is C13H17N3O. The molecule has 90 valence electrons. The lowest BCUT2D eigenvalue weighted by molar-refractivity contribution is 0.277. The van der Waals surface area contributed by atoms with Crippen molar-refractivity contribution in [1.29, 1.82) is 0 Å². The first kappa shape index (κ1) is 11.8. The van der Waals surface area contributed by atoms with E-state index in [0.717, 1.165) is 23.5 Å². The second-order valence-corrected chi connectivity index (χ2v) is 4.08. The number of aryl methyl sites for hydroxylation is 1. The first-order valence-corrected chi connectivity index (χ1v) is 5.78. The Hall–Kier alpha value is -1.68. The van der Waals surface area contributed by atoms with Gasteiger partial charge in [0.1, 0.15) is 0 Å². The van der Waals surface area contributed by atoms with E-state index in [0.29, 0.717) is 5.69 Å². The molecule has 0 bridgehead atoms. The van der Waals surface area contributed by atoms with E-state index < -0.39 is 0 Å². The molecule has 2 aromatic rings. The average Bonchev–Trinajstić information content (AvgIpc) is 2.64. The fourth-order valence-electron chi connectivity index (χ4n) is 2.12. The predicted octanol–water partition coefficient (Wildman–Crippen LogP) is 1.94. The SMILES string of the molecule is CCc1c(C)nn(-c2ccnc(CO)c2)c1C. The molecule has 0 saturated carbocycles. The highest BCUT2D eigenvalue weighted by Gasteiger charge is 2.11. The van der Waals surface area contributed by atoms with Crippen LogP contribution in [0.2, 0.25) is 0 Å². The van der Waals surface area contributed by atoms with Crippen LogP contribution in [0.25, 0.3) is 5.69 Å².